The average molecular weight is 268 g/mol. The van der Waals surface area contributed by atoms with Crippen LogP contribution in [0.1, 0.15) is 19.6 Å². The fraction of sp³-hybridized carbons (Fsp3) is 0.667. The van der Waals surface area contributed by atoms with Crippen LogP contribution in [-0.2, 0) is 10.2 Å². The molecule has 19 heavy (non-hydrogen) atoms. The van der Waals surface area contributed by atoms with Crippen LogP contribution in [0.25, 0.3) is 0 Å². The highest BCUT2D eigenvalue weighted by molar-refractivity contribution is 5.86. The van der Waals surface area contributed by atoms with E-state index in [1.54, 1.807) is 6.07 Å². The molecule has 0 saturated carbocycles. The van der Waals surface area contributed by atoms with Gasteiger partial charge in [0.25, 0.3) is 0 Å². The summed E-state index contributed by atoms with van der Waals surface area (Å²) in [5, 5.41) is 6.19. The summed E-state index contributed by atoms with van der Waals surface area (Å²) in [6.07, 6.45) is 0. The number of aromatic nitrogens is 1. The highest BCUT2D eigenvalue weighted by Gasteiger charge is 2.29. The van der Waals surface area contributed by atoms with E-state index in [9.17, 15) is 4.79 Å². The molecule has 0 aromatic carbocycles. The molecule has 106 valence electrons. The van der Waals surface area contributed by atoms with Crippen LogP contribution in [0.15, 0.2) is 10.6 Å². The molecule has 1 aromatic heterocycles. The molecule has 1 fully saturated rings. The van der Waals surface area contributed by atoms with Gasteiger partial charge >= 0.3 is 6.03 Å². The molecule has 1 saturated heterocycles. The molecule has 0 unspecified atom stereocenters. The van der Waals surface area contributed by atoms with Crippen molar-refractivity contribution < 1.29 is 14.1 Å². The van der Waals surface area contributed by atoms with E-state index < -0.39 is 6.03 Å². The molecule has 1 aromatic rings. The summed E-state index contributed by atoms with van der Waals surface area (Å²) in [5.74, 6) is 1.07. The van der Waals surface area contributed by atoms with Crippen molar-refractivity contribution in [2.75, 3.05) is 38.2 Å². The van der Waals surface area contributed by atoms with Crippen molar-refractivity contribution in [3.63, 3.8) is 0 Å². The number of anilines is 1. The highest BCUT2D eigenvalue weighted by Crippen LogP contribution is 2.26. The fourth-order valence-electron chi connectivity index (χ4n) is 2.18. The second kappa shape index (κ2) is 5.58. The number of ether oxygens (including phenoxy) is 1. The lowest BCUT2D eigenvalue weighted by Gasteiger charge is -2.33. The number of rotatable bonds is 4. The van der Waals surface area contributed by atoms with Gasteiger partial charge in [0.1, 0.15) is 5.76 Å². The van der Waals surface area contributed by atoms with Gasteiger partial charge in [-0.25, -0.2) is 4.79 Å². The van der Waals surface area contributed by atoms with Crippen molar-refractivity contribution in [1.82, 2.24) is 10.1 Å². The Bertz CT molecular complexity index is 438. The van der Waals surface area contributed by atoms with Crippen LogP contribution in [0.5, 0.6) is 0 Å². The normalized spacial score (nSPS) is 17.4. The van der Waals surface area contributed by atoms with E-state index in [2.05, 4.69) is 29.2 Å². The number of nitrogens with one attached hydrogen (secondary N) is 1. The number of carbonyl (C=O) groups excluding carboxylic acids is 1. The third-order valence-electron chi connectivity index (χ3n) is 3.15. The first-order valence-electron chi connectivity index (χ1n) is 6.31. The van der Waals surface area contributed by atoms with Crippen LogP contribution in [0.4, 0.5) is 10.6 Å². The molecule has 3 N–H and O–H groups in total. The first-order valence-corrected chi connectivity index (χ1v) is 6.31. The van der Waals surface area contributed by atoms with Crippen molar-refractivity contribution in [3.8, 4) is 0 Å². The van der Waals surface area contributed by atoms with Crippen LogP contribution >= 0.6 is 0 Å². The Labute approximate surface area is 112 Å². The minimum Gasteiger partial charge on any atom is -0.379 e. The van der Waals surface area contributed by atoms with Crippen LogP contribution < -0.4 is 11.1 Å². The number of hydrogen-bond acceptors (Lipinski definition) is 5. The van der Waals surface area contributed by atoms with E-state index in [4.69, 9.17) is 15.0 Å². The summed E-state index contributed by atoms with van der Waals surface area (Å²) in [5.41, 5.74) is 4.85. The van der Waals surface area contributed by atoms with Crippen LogP contribution in [0.3, 0.4) is 0 Å². The number of carbonyl (C=O) groups is 1. The first-order chi connectivity index (χ1) is 8.97. The molecule has 0 radical (unpaired) electrons. The monoisotopic (exact) mass is 268 g/mol. The van der Waals surface area contributed by atoms with E-state index in [1.807, 2.05) is 0 Å². The molecule has 0 atom stereocenters. The molecule has 2 amide bonds. The Hall–Kier alpha value is -1.60. The Morgan fingerprint density at radius 2 is 2.21 bits per heavy atom. The van der Waals surface area contributed by atoms with Gasteiger partial charge in [0, 0.05) is 31.1 Å². The van der Waals surface area contributed by atoms with E-state index in [0.717, 1.165) is 38.6 Å². The minimum atomic E-state index is -0.647. The number of nitrogens with zero attached hydrogens (tertiary/aromatic N) is 2. The molecule has 7 heteroatoms. The maximum Gasteiger partial charge on any atom is 0.317 e. The van der Waals surface area contributed by atoms with E-state index in [1.165, 1.54) is 0 Å². The van der Waals surface area contributed by atoms with Gasteiger partial charge in [0.15, 0.2) is 5.82 Å². The summed E-state index contributed by atoms with van der Waals surface area (Å²) in [7, 11) is 0. The van der Waals surface area contributed by atoms with Gasteiger partial charge < -0.3 is 15.0 Å². The zero-order valence-corrected chi connectivity index (χ0v) is 11.3. The molecular weight excluding hydrogens is 248 g/mol. The van der Waals surface area contributed by atoms with Gasteiger partial charge in [-0.05, 0) is 0 Å². The Morgan fingerprint density at radius 1 is 1.53 bits per heavy atom. The molecule has 0 spiro atoms. The Kier molecular flexibility index (Phi) is 4.06. The maximum atomic E-state index is 10.8. The Balaban J connectivity index is 2.01. The predicted molar refractivity (Wildman–Crippen MR) is 70.0 cm³/mol. The van der Waals surface area contributed by atoms with Crippen molar-refractivity contribution >= 4 is 11.8 Å². The van der Waals surface area contributed by atoms with Gasteiger partial charge in [-0.1, -0.05) is 19.0 Å². The maximum absolute atomic E-state index is 10.8. The lowest BCUT2D eigenvalue weighted by atomic mass is 9.89. The minimum absolute atomic E-state index is 0.193. The third kappa shape index (κ3) is 3.68. The van der Waals surface area contributed by atoms with E-state index in [0.29, 0.717) is 5.82 Å². The first kappa shape index (κ1) is 13.8. The fourth-order valence-corrected chi connectivity index (χ4v) is 2.18. The van der Waals surface area contributed by atoms with Gasteiger partial charge in [0.05, 0.1) is 13.2 Å². The zero-order valence-electron chi connectivity index (χ0n) is 11.3. The summed E-state index contributed by atoms with van der Waals surface area (Å²) < 4.78 is 10.6. The highest BCUT2D eigenvalue weighted by atomic mass is 16.5. The number of urea groups is 1. The van der Waals surface area contributed by atoms with Crippen molar-refractivity contribution in [2.24, 2.45) is 5.73 Å². The smallest absolute Gasteiger partial charge is 0.317 e. The standard InChI is InChI=1S/C12H20N4O3/c1-12(2,8-16-3-5-18-6-4-16)9-7-10(15-19-9)14-11(13)17/h7H,3-6,8H2,1-2H3,(H3,13,14,15,17). The molecule has 0 aliphatic carbocycles. The molecule has 7 nitrogen and oxygen atoms in total. The largest absolute Gasteiger partial charge is 0.379 e. The topological polar surface area (TPSA) is 93.6 Å². The second-order valence-electron chi connectivity index (χ2n) is 5.34. The van der Waals surface area contributed by atoms with Gasteiger partial charge in [0.2, 0.25) is 0 Å². The van der Waals surface area contributed by atoms with Crippen LogP contribution in [0, 0.1) is 0 Å². The summed E-state index contributed by atoms with van der Waals surface area (Å²) in [4.78, 5) is 13.1. The zero-order chi connectivity index (χ0) is 13.9. The SMILES string of the molecule is CC(C)(CN1CCOCC1)c1cc(NC(N)=O)no1. The van der Waals surface area contributed by atoms with E-state index in [-0.39, 0.29) is 5.41 Å². The van der Waals surface area contributed by atoms with Crippen LogP contribution in [0.2, 0.25) is 0 Å². The second-order valence-corrected chi connectivity index (χ2v) is 5.34. The van der Waals surface area contributed by atoms with Crippen molar-refractivity contribution in [2.45, 2.75) is 19.3 Å². The number of hydrogen-bond donors (Lipinski definition) is 2. The van der Waals surface area contributed by atoms with Gasteiger partial charge in [-0.2, -0.15) is 0 Å². The summed E-state index contributed by atoms with van der Waals surface area (Å²) in [6, 6.07) is 1.07. The Morgan fingerprint density at radius 3 is 2.84 bits per heavy atom. The van der Waals surface area contributed by atoms with Crippen LogP contribution in [-0.4, -0.2) is 48.9 Å². The summed E-state index contributed by atoms with van der Waals surface area (Å²) in [6.45, 7) is 8.38. The van der Waals surface area contributed by atoms with Crippen molar-refractivity contribution in [3.05, 3.63) is 11.8 Å². The molecule has 2 heterocycles. The molecule has 1 aliphatic rings. The predicted octanol–water partition coefficient (Wildman–Crippen LogP) is 0.775. The molecule has 1 aliphatic heterocycles. The third-order valence-corrected chi connectivity index (χ3v) is 3.15. The molecule has 0 bridgehead atoms. The number of primary amides is 1. The molecule has 2 rings (SSSR count). The molecular formula is C12H20N4O3. The quantitative estimate of drug-likeness (QED) is 0.841. The van der Waals surface area contributed by atoms with Gasteiger partial charge in [-0.3, -0.25) is 10.2 Å². The number of nitrogens with two attached hydrogens (primary N) is 1. The van der Waals surface area contributed by atoms with Crippen molar-refractivity contribution in [1.29, 1.82) is 0 Å². The number of morpholine rings is 1. The average Bonchev–Trinajstić information content (AvgIpc) is 2.78. The lowest BCUT2D eigenvalue weighted by molar-refractivity contribution is 0.0274. The summed E-state index contributed by atoms with van der Waals surface area (Å²) >= 11 is 0. The van der Waals surface area contributed by atoms with E-state index >= 15 is 0 Å². The number of amides is 2. The van der Waals surface area contributed by atoms with Gasteiger partial charge in [-0.15, -0.1) is 0 Å². The lowest BCUT2D eigenvalue weighted by Crippen LogP contribution is -2.43.